The van der Waals surface area contributed by atoms with Crippen molar-refractivity contribution in [3.05, 3.63) is 64.1 Å². The summed E-state index contributed by atoms with van der Waals surface area (Å²) in [7, 11) is 0. The highest BCUT2D eigenvalue weighted by Gasteiger charge is 2.35. The minimum absolute atomic E-state index is 0.0805. The Hall–Kier alpha value is -2.57. The highest BCUT2D eigenvalue weighted by atomic mass is 35.5. The van der Waals surface area contributed by atoms with E-state index in [2.05, 4.69) is 5.32 Å². The Morgan fingerprint density at radius 3 is 2.46 bits per heavy atom. The van der Waals surface area contributed by atoms with Crippen LogP contribution in [0.25, 0.3) is 0 Å². The van der Waals surface area contributed by atoms with Gasteiger partial charge in [0, 0.05) is 35.2 Å². The molecule has 1 fully saturated rings. The summed E-state index contributed by atoms with van der Waals surface area (Å²) in [4.78, 5) is 38.0. The molecule has 3 rings (SSSR count). The molecule has 28 heavy (non-hydrogen) atoms. The van der Waals surface area contributed by atoms with Gasteiger partial charge in [-0.25, -0.2) is 0 Å². The topological polar surface area (TPSA) is 75.7 Å². The van der Waals surface area contributed by atoms with Crippen molar-refractivity contribution >= 4 is 46.7 Å². The molecule has 6 nitrogen and oxygen atoms in total. The monoisotopic (exact) mass is 420 g/mol. The lowest BCUT2D eigenvalue weighted by atomic mass is 10.1. The van der Waals surface area contributed by atoms with Crippen LogP contribution in [-0.4, -0.2) is 35.8 Å². The van der Waals surface area contributed by atoms with Gasteiger partial charge in [0.05, 0.1) is 5.92 Å². The minimum Gasteiger partial charge on any atom is -0.455 e. The van der Waals surface area contributed by atoms with Gasteiger partial charge in [0.1, 0.15) is 0 Å². The summed E-state index contributed by atoms with van der Waals surface area (Å²) in [5, 5.41) is 3.31. The third-order valence-electron chi connectivity index (χ3n) is 4.26. The summed E-state index contributed by atoms with van der Waals surface area (Å²) < 4.78 is 5.07. The van der Waals surface area contributed by atoms with Gasteiger partial charge in [0.25, 0.3) is 5.91 Å². The molecule has 2 aromatic carbocycles. The van der Waals surface area contributed by atoms with E-state index in [4.69, 9.17) is 27.9 Å². The van der Waals surface area contributed by atoms with Crippen molar-refractivity contribution in [3.8, 4) is 0 Å². The first-order chi connectivity index (χ1) is 13.4. The van der Waals surface area contributed by atoms with Gasteiger partial charge in [-0.05, 0) is 23.8 Å². The molecule has 0 aromatic heterocycles. The Morgan fingerprint density at radius 1 is 1.11 bits per heavy atom. The van der Waals surface area contributed by atoms with E-state index < -0.39 is 24.4 Å². The van der Waals surface area contributed by atoms with Crippen molar-refractivity contribution in [1.82, 2.24) is 4.90 Å². The molecule has 0 spiro atoms. The first-order valence-electron chi connectivity index (χ1n) is 8.65. The fourth-order valence-corrected chi connectivity index (χ4v) is 3.49. The zero-order valence-corrected chi connectivity index (χ0v) is 16.4. The molecule has 146 valence electrons. The normalized spacial score (nSPS) is 16.1. The van der Waals surface area contributed by atoms with E-state index >= 15 is 0 Å². The maximum absolute atomic E-state index is 12.2. The summed E-state index contributed by atoms with van der Waals surface area (Å²) in [5.41, 5.74) is 1.40. The number of carbonyl (C=O) groups excluding carboxylic acids is 3. The van der Waals surface area contributed by atoms with Crippen molar-refractivity contribution < 1.29 is 19.1 Å². The number of nitrogens with zero attached hydrogens (tertiary/aromatic N) is 1. The second-order valence-corrected chi connectivity index (χ2v) is 7.35. The van der Waals surface area contributed by atoms with E-state index in [-0.39, 0.29) is 18.9 Å². The van der Waals surface area contributed by atoms with E-state index in [9.17, 15) is 14.4 Å². The molecule has 2 amide bonds. The second kappa shape index (κ2) is 9.08. The first kappa shape index (κ1) is 20.2. The van der Waals surface area contributed by atoms with Crippen molar-refractivity contribution in [2.45, 2.75) is 13.0 Å². The van der Waals surface area contributed by atoms with Crippen LogP contribution in [0.2, 0.25) is 10.0 Å². The highest BCUT2D eigenvalue weighted by Crippen LogP contribution is 2.23. The number of halogens is 2. The van der Waals surface area contributed by atoms with Gasteiger partial charge in [-0.3, -0.25) is 14.4 Å². The van der Waals surface area contributed by atoms with Gasteiger partial charge in [-0.1, -0.05) is 53.5 Å². The molecule has 1 aliphatic heterocycles. The number of hydrogen-bond acceptors (Lipinski definition) is 4. The Labute approximate surface area is 172 Å². The quantitative estimate of drug-likeness (QED) is 0.725. The van der Waals surface area contributed by atoms with Crippen LogP contribution in [0.1, 0.15) is 12.0 Å². The molecule has 1 saturated heterocycles. The number of hydrogen-bond donors (Lipinski definition) is 1. The summed E-state index contributed by atoms with van der Waals surface area (Å²) >= 11 is 11.7. The summed E-state index contributed by atoms with van der Waals surface area (Å²) in [6.45, 7) is 0.268. The molecular weight excluding hydrogens is 403 g/mol. The number of carbonyl (C=O) groups is 3. The lowest BCUT2D eigenvalue weighted by Crippen LogP contribution is -2.28. The second-order valence-electron chi connectivity index (χ2n) is 6.47. The van der Waals surface area contributed by atoms with Crippen LogP contribution in [-0.2, 0) is 25.7 Å². The van der Waals surface area contributed by atoms with E-state index in [0.717, 1.165) is 5.56 Å². The van der Waals surface area contributed by atoms with Gasteiger partial charge in [0.15, 0.2) is 6.61 Å². The molecule has 1 aliphatic rings. The number of amides is 2. The molecule has 8 heteroatoms. The van der Waals surface area contributed by atoms with Gasteiger partial charge < -0.3 is 15.0 Å². The van der Waals surface area contributed by atoms with Crippen LogP contribution >= 0.6 is 23.2 Å². The molecule has 1 N–H and O–H groups in total. The summed E-state index contributed by atoms with van der Waals surface area (Å²) in [6.07, 6.45) is 0.0805. The third kappa shape index (κ3) is 5.47. The fourth-order valence-electron chi connectivity index (χ4n) is 2.96. The zero-order chi connectivity index (χ0) is 20.1. The largest absolute Gasteiger partial charge is 0.455 e. The maximum atomic E-state index is 12.2. The van der Waals surface area contributed by atoms with E-state index in [0.29, 0.717) is 22.3 Å². The van der Waals surface area contributed by atoms with Crippen molar-refractivity contribution in [3.63, 3.8) is 0 Å². The number of anilines is 1. The molecule has 0 radical (unpaired) electrons. The molecule has 0 unspecified atom stereocenters. The summed E-state index contributed by atoms with van der Waals surface area (Å²) in [5.74, 6) is -1.77. The van der Waals surface area contributed by atoms with Crippen molar-refractivity contribution in [2.75, 3.05) is 18.5 Å². The molecule has 1 heterocycles. The van der Waals surface area contributed by atoms with Gasteiger partial charge in [-0.2, -0.15) is 0 Å². The number of benzene rings is 2. The molecule has 0 saturated carbocycles. The molecule has 2 aromatic rings. The maximum Gasteiger partial charge on any atom is 0.311 e. The van der Waals surface area contributed by atoms with Crippen molar-refractivity contribution in [1.29, 1.82) is 0 Å². The average Bonchev–Trinajstić information content (AvgIpc) is 3.00. The Balaban J connectivity index is 1.48. The predicted molar refractivity (Wildman–Crippen MR) is 106 cm³/mol. The number of rotatable bonds is 6. The molecular formula is C20H18Cl2N2O4. The Morgan fingerprint density at radius 2 is 1.79 bits per heavy atom. The standard InChI is InChI=1S/C20H18Cl2N2O4/c21-15-7-16(22)9-17(8-15)23-18(25)12-28-20(27)14-6-19(26)24(11-14)10-13-4-2-1-3-5-13/h1-5,7-9,14H,6,10-12H2,(H,23,25)/t14-/m0/s1. The third-order valence-corrected chi connectivity index (χ3v) is 4.69. The average molecular weight is 421 g/mol. The number of ether oxygens (including phenoxy) is 1. The molecule has 1 atom stereocenters. The van der Waals surface area contributed by atoms with Crippen LogP contribution in [0.3, 0.4) is 0 Å². The molecule has 0 aliphatic carbocycles. The lowest BCUT2D eigenvalue weighted by Gasteiger charge is -2.16. The highest BCUT2D eigenvalue weighted by molar-refractivity contribution is 6.35. The Kier molecular flexibility index (Phi) is 6.54. The van der Waals surface area contributed by atoms with Crippen LogP contribution in [0.15, 0.2) is 48.5 Å². The van der Waals surface area contributed by atoms with Crippen LogP contribution in [0.4, 0.5) is 5.69 Å². The summed E-state index contributed by atoms with van der Waals surface area (Å²) in [6, 6.07) is 14.1. The van der Waals surface area contributed by atoms with E-state index in [1.807, 2.05) is 30.3 Å². The van der Waals surface area contributed by atoms with E-state index in [1.165, 1.54) is 18.2 Å². The SMILES string of the molecule is O=C(COC(=O)[C@H]1CC(=O)N(Cc2ccccc2)C1)Nc1cc(Cl)cc(Cl)c1. The number of likely N-dealkylation sites (tertiary alicyclic amines) is 1. The first-order valence-corrected chi connectivity index (χ1v) is 9.40. The van der Waals surface area contributed by atoms with Gasteiger partial charge in [-0.15, -0.1) is 0 Å². The smallest absolute Gasteiger partial charge is 0.311 e. The number of esters is 1. The van der Waals surface area contributed by atoms with Gasteiger partial charge in [0.2, 0.25) is 5.91 Å². The minimum atomic E-state index is -0.579. The molecule has 0 bridgehead atoms. The lowest BCUT2D eigenvalue weighted by molar-refractivity contribution is -0.151. The zero-order valence-electron chi connectivity index (χ0n) is 14.9. The van der Waals surface area contributed by atoms with Crippen molar-refractivity contribution in [2.24, 2.45) is 5.92 Å². The van der Waals surface area contributed by atoms with Crippen LogP contribution in [0, 0.1) is 5.92 Å². The predicted octanol–water partition coefficient (Wildman–Crippen LogP) is 3.52. The Bertz CT molecular complexity index is 869. The number of nitrogens with one attached hydrogen (secondary N) is 1. The van der Waals surface area contributed by atoms with Gasteiger partial charge >= 0.3 is 5.97 Å². The fraction of sp³-hybridized carbons (Fsp3) is 0.250. The van der Waals surface area contributed by atoms with Crippen LogP contribution in [0.5, 0.6) is 0 Å². The van der Waals surface area contributed by atoms with E-state index in [1.54, 1.807) is 4.90 Å². The van der Waals surface area contributed by atoms with Crippen LogP contribution < -0.4 is 5.32 Å².